The van der Waals surface area contributed by atoms with E-state index in [1.165, 1.54) is 0 Å². The molecule has 0 aromatic heterocycles. The molecule has 0 fully saturated rings. The molecule has 0 bridgehead atoms. The molecule has 0 heterocycles. The first-order valence-electron chi connectivity index (χ1n) is 7.11. The fourth-order valence-corrected chi connectivity index (χ4v) is 2.05. The van der Waals surface area contributed by atoms with Crippen LogP contribution in [0, 0.1) is 0 Å². The van der Waals surface area contributed by atoms with E-state index in [-0.39, 0.29) is 11.9 Å². The number of methoxy groups -OCH3 is 1. The molecule has 2 rings (SSSR count). The molecule has 2 aromatic rings. The van der Waals surface area contributed by atoms with Crippen LogP contribution in [0.25, 0.3) is 0 Å². The number of nitrogens with one attached hydrogen (secondary N) is 2. The van der Waals surface area contributed by atoms with E-state index < -0.39 is 0 Å². The second kappa shape index (κ2) is 6.85. The average Bonchev–Trinajstić information content (AvgIpc) is 2.48. The van der Waals surface area contributed by atoms with Crippen molar-refractivity contribution >= 4 is 23.0 Å². The number of nitrogens with two attached hydrogens (primary N) is 1. The molecule has 0 aliphatic carbocycles. The van der Waals surface area contributed by atoms with Gasteiger partial charge in [0, 0.05) is 23.5 Å². The molecule has 0 aliphatic heterocycles. The fraction of sp³-hybridized carbons (Fsp3) is 0.235. The summed E-state index contributed by atoms with van der Waals surface area (Å²) in [7, 11) is 1.61. The maximum atomic E-state index is 12.3. The third-order valence-corrected chi connectivity index (χ3v) is 3.06. The molecule has 2 aromatic carbocycles. The van der Waals surface area contributed by atoms with Crippen LogP contribution in [-0.2, 0) is 0 Å². The highest BCUT2D eigenvalue weighted by molar-refractivity contribution is 6.01. The van der Waals surface area contributed by atoms with Crippen molar-refractivity contribution in [1.82, 2.24) is 5.32 Å². The third kappa shape index (κ3) is 3.91. The summed E-state index contributed by atoms with van der Waals surface area (Å²) in [6, 6.07) is 12.8. The van der Waals surface area contributed by atoms with E-state index in [0.29, 0.717) is 16.9 Å². The Kier molecular flexibility index (Phi) is 4.88. The van der Waals surface area contributed by atoms with Gasteiger partial charge in [0.25, 0.3) is 5.91 Å². The minimum absolute atomic E-state index is 0.0543. The lowest BCUT2D eigenvalue weighted by atomic mass is 10.1. The summed E-state index contributed by atoms with van der Waals surface area (Å²) in [6.07, 6.45) is 0. The highest BCUT2D eigenvalue weighted by atomic mass is 16.5. The van der Waals surface area contributed by atoms with Crippen LogP contribution in [0.2, 0.25) is 0 Å². The van der Waals surface area contributed by atoms with E-state index in [1.807, 2.05) is 38.1 Å². The van der Waals surface area contributed by atoms with Crippen molar-refractivity contribution in [3.63, 3.8) is 0 Å². The molecular formula is C17H21N3O2. The standard InChI is InChI=1S/C17H21N3O2/c1-11(2)19-17(21)15-9-12(18)7-8-16(15)20-13-5-4-6-14(10-13)22-3/h4-11,20H,18H2,1-3H3,(H,19,21). The van der Waals surface area contributed by atoms with Crippen LogP contribution in [-0.4, -0.2) is 19.1 Å². The summed E-state index contributed by atoms with van der Waals surface area (Å²) < 4.78 is 5.20. The van der Waals surface area contributed by atoms with Gasteiger partial charge in [-0.3, -0.25) is 4.79 Å². The SMILES string of the molecule is COc1cccc(Nc2ccc(N)cc2C(=O)NC(C)C)c1. The van der Waals surface area contributed by atoms with Crippen molar-refractivity contribution in [3.8, 4) is 5.75 Å². The molecule has 0 unspecified atom stereocenters. The van der Waals surface area contributed by atoms with Crippen molar-refractivity contribution < 1.29 is 9.53 Å². The zero-order valence-electron chi connectivity index (χ0n) is 13.0. The fourth-order valence-electron chi connectivity index (χ4n) is 2.05. The van der Waals surface area contributed by atoms with Gasteiger partial charge >= 0.3 is 0 Å². The molecule has 1 amide bonds. The topological polar surface area (TPSA) is 76.4 Å². The Morgan fingerprint density at radius 1 is 1.18 bits per heavy atom. The summed E-state index contributed by atoms with van der Waals surface area (Å²) in [5.41, 5.74) is 8.40. The Hall–Kier alpha value is -2.69. The number of anilines is 3. The highest BCUT2D eigenvalue weighted by Crippen LogP contribution is 2.25. The number of ether oxygens (including phenoxy) is 1. The van der Waals surface area contributed by atoms with Gasteiger partial charge in [0.15, 0.2) is 0 Å². The average molecular weight is 299 g/mol. The van der Waals surface area contributed by atoms with Gasteiger partial charge in [-0.2, -0.15) is 0 Å². The predicted molar refractivity (Wildman–Crippen MR) is 89.7 cm³/mol. The second-order valence-corrected chi connectivity index (χ2v) is 5.29. The number of hydrogen-bond donors (Lipinski definition) is 3. The third-order valence-electron chi connectivity index (χ3n) is 3.06. The largest absolute Gasteiger partial charge is 0.497 e. The monoisotopic (exact) mass is 299 g/mol. The lowest BCUT2D eigenvalue weighted by Gasteiger charge is -2.15. The molecule has 0 radical (unpaired) electrons. The Labute approximate surface area is 130 Å². The second-order valence-electron chi connectivity index (χ2n) is 5.29. The van der Waals surface area contributed by atoms with Gasteiger partial charge in [-0.05, 0) is 44.2 Å². The first-order chi connectivity index (χ1) is 10.5. The summed E-state index contributed by atoms with van der Waals surface area (Å²) in [4.78, 5) is 12.3. The van der Waals surface area contributed by atoms with Crippen molar-refractivity contribution in [2.45, 2.75) is 19.9 Å². The van der Waals surface area contributed by atoms with E-state index in [1.54, 1.807) is 25.3 Å². The smallest absolute Gasteiger partial charge is 0.253 e. The van der Waals surface area contributed by atoms with E-state index in [2.05, 4.69) is 10.6 Å². The van der Waals surface area contributed by atoms with Crippen molar-refractivity contribution in [2.75, 3.05) is 18.2 Å². The molecule has 0 saturated heterocycles. The van der Waals surface area contributed by atoms with Gasteiger partial charge in [0.2, 0.25) is 0 Å². The molecule has 116 valence electrons. The number of hydrogen-bond acceptors (Lipinski definition) is 4. The van der Waals surface area contributed by atoms with E-state index in [4.69, 9.17) is 10.5 Å². The van der Waals surface area contributed by atoms with Crippen molar-refractivity contribution in [3.05, 3.63) is 48.0 Å². The summed E-state index contributed by atoms with van der Waals surface area (Å²) in [5, 5.41) is 6.11. The Balaban J connectivity index is 2.31. The van der Waals surface area contributed by atoms with Gasteiger partial charge < -0.3 is 21.1 Å². The van der Waals surface area contributed by atoms with Gasteiger partial charge in [-0.15, -0.1) is 0 Å². The zero-order valence-corrected chi connectivity index (χ0v) is 13.0. The molecule has 0 aliphatic rings. The number of nitrogen functional groups attached to an aromatic ring is 1. The number of benzene rings is 2. The number of amides is 1. The molecule has 22 heavy (non-hydrogen) atoms. The van der Waals surface area contributed by atoms with E-state index >= 15 is 0 Å². The van der Waals surface area contributed by atoms with Gasteiger partial charge in [0.05, 0.1) is 18.4 Å². The summed E-state index contributed by atoms with van der Waals surface area (Å²) in [6.45, 7) is 3.83. The van der Waals surface area contributed by atoms with E-state index in [9.17, 15) is 4.79 Å². The predicted octanol–water partition coefficient (Wildman–Crippen LogP) is 3.16. The van der Waals surface area contributed by atoms with Crippen LogP contribution in [0.15, 0.2) is 42.5 Å². The number of carbonyl (C=O) groups excluding carboxylic acids is 1. The maximum Gasteiger partial charge on any atom is 0.253 e. The molecule has 4 N–H and O–H groups in total. The lowest BCUT2D eigenvalue weighted by Crippen LogP contribution is -2.30. The highest BCUT2D eigenvalue weighted by Gasteiger charge is 2.13. The quantitative estimate of drug-likeness (QED) is 0.741. The summed E-state index contributed by atoms with van der Waals surface area (Å²) >= 11 is 0. The summed E-state index contributed by atoms with van der Waals surface area (Å²) in [5.74, 6) is 0.585. The van der Waals surface area contributed by atoms with Gasteiger partial charge in [-0.25, -0.2) is 0 Å². The van der Waals surface area contributed by atoms with Crippen LogP contribution < -0.4 is 21.1 Å². The van der Waals surface area contributed by atoms with Crippen LogP contribution >= 0.6 is 0 Å². The van der Waals surface area contributed by atoms with Crippen molar-refractivity contribution in [2.24, 2.45) is 0 Å². The molecule has 0 spiro atoms. The van der Waals surface area contributed by atoms with Crippen molar-refractivity contribution in [1.29, 1.82) is 0 Å². The maximum absolute atomic E-state index is 12.3. The minimum Gasteiger partial charge on any atom is -0.497 e. The Morgan fingerprint density at radius 2 is 1.95 bits per heavy atom. The minimum atomic E-state index is -0.160. The van der Waals surface area contributed by atoms with Gasteiger partial charge in [0.1, 0.15) is 5.75 Å². The zero-order chi connectivity index (χ0) is 16.1. The molecule has 0 saturated carbocycles. The molecular weight excluding hydrogens is 278 g/mol. The molecule has 5 nitrogen and oxygen atoms in total. The normalized spacial score (nSPS) is 10.4. The van der Waals surface area contributed by atoms with Crippen LogP contribution in [0.3, 0.4) is 0 Å². The van der Waals surface area contributed by atoms with Crippen LogP contribution in [0.1, 0.15) is 24.2 Å². The van der Waals surface area contributed by atoms with Gasteiger partial charge in [-0.1, -0.05) is 6.07 Å². The first-order valence-corrected chi connectivity index (χ1v) is 7.11. The molecule has 5 heteroatoms. The van der Waals surface area contributed by atoms with Crippen LogP contribution in [0.4, 0.5) is 17.1 Å². The number of carbonyl (C=O) groups is 1. The Morgan fingerprint density at radius 3 is 2.64 bits per heavy atom. The Bertz CT molecular complexity index is 669. The van der Waals surface area contributed by atoms with E-state index in [0.717, 1.165) is 11.4 Å². The first kappa shape index (κ1) is 15.7. The van der Waals surface area contributed by atoms with Crippen LogP contribution in [0.5, 0.6) is 5.75 Å². The molecule has 0 atom stereocenters. The number of rotatable bonds is 5. The lowest BCUT2D eigenvalue weighted by molar-refractivity contribution is 0.0944.